The molecule has 25 heavy (non-hydrogen) atoms. The molecule has 132 valence electrons. The number of amides is 1. The SMILES string of the molecule is CC(C(=O)N1CCN(C)CC1c1ccccc1)C(N)c1ccccc1. The van der Waals surface area contributed by atoms with Crippen molar-refractivity contribution in [2.45, 2.75) is 19.0 Å². The zero-order chi connectivity index (χ0) is 17.8. The van der Waals surface area contributed by atoms with Gasteiger partial charge in [-0.25, -0.2) is 0 Å². The molecule has 0 spiro atoms. The molecular formula is C21H27N3O. The van der Waals surface area contributed by atoms with Gasteiger partial charge in [0.2, 0.25) is 5.91 Å². The van der Waals surface area contributed by atoms with Crippen LogP contribution in [-0.4, -0.2) is 42.4 Å². The van der Waals surface area contributed by atoms with Crippen molar-refractivity contribution in [2.75, 3.05) is 26.7 Å². The molecule has 1 fully saturated rings. The van der Waals surface area contributed by atoms with Crippen LogP contribution in [0, 0.1) is 5.92 Å². The molecule has 0 aromatic heterocycles. The Hall–Kier alpha value is -2.17. The first kappa shape index (κ1) is 17.6. The summed E-state index contributed by atoms with van der Waals surface area (Å²) in [6, 6.07) is 20.0. The van der Waals surface area contributed by atoms with Gasteiger partial charge in [0.05, 0.1) is 12.0 Å². The summed E-state index contributed by atoms with van der Waals surface area (Å²) < 4.78 is 0. The van der Waals surface area contributed by atoms with Gasteiger partial charge in [0, 0.05) is 25.7 Å². The van der Waals surface area contributed by atoms with E-state index < -0.39 is 0 Å². The number of nitrogens with two attached hydrogens (primary N) is 1. The van der Waals surface area contributed by atoms with Gasteiger partial charge >= 0.3 is 0 Å². The van der Waals surface area contributed by atoms with Crippen LogP contribution in [-0.2, 0) is 4.79 Å². The molecule has 1 aliphatic heterocycles. The molecule has 1 amide bonds. The van der Waals surface area contributed by atoms with E-state index in [1.54, 1.807) is 0 Å². The van der Waals surface area contributed by atoms with Crippen LogP contribution in [0.15, 0.2) is 60.7 Å². The molecule has 1 saturated heterocycles. The number of benzene rings is 2. The van der Waals surface area contributed by atoms with E-state index >= 15 is 0 Å². The normalized spacial score (nSPS) is 20.9. The van der Waals surface area contributed by atoms with Crippen LogP contribution < -0.4 is 5.73 Å². The van der Waals surface area contributed by atoms with E-state index in [9.17, 15) is 4.79 Å². The van der Waals surface area contributed by atoms with Crippen molar-refractivity contribution in [3.05, 3.63) is 71.8 Å². The fourth-order valence-corrected chi connectivity index (χ4v) is 3.52. The van der Waals surface area contributed by atoms with E-state index in [-0.39, 0.29) is 23.9 Å². The van der Waals surface area contributed by atoms with Gasteiger partial charge in [-0.05, 0) is 18.2 Å². The van der Waals surface area contributed by atoms with Crippen molar-refractivity contribution >= 4 is 5.91 Å². The molecule has 3 unspecified atom stereocenters. The molecule has 1 aliphatic rings. The number of rotatable bonds is 4. The minimum absolute atomic E-state index is 0.0814. The number of piperazine rings is 1. The zero-order valence-corrected chi connectivity index (χ0v) is 15.0. The summed E-state index contributed by atoms with van der Waals surface area (Å²) in [5, 5.41) is 0. The Bertz CT molecular complexity index is 689. The Labute approximate surface area is 150 Å². The predicted octanol–water partition coefficient (Wildman–Crippen LogP) is 2.84. The van der Waals surface area contributed by atoms with Crippen LogP contribution in [0.5, 0.6) is 0 Å². The molecule has 0 aliphatic carbocycles. The first-order chi connectivity index (χ1) is 12.1. The smallest absolute Gasteiger partial charge is 0.227 e. The standard InChI is InChI=1S/C21H27N3O/c1-16(20(22)18-11-7-4-8-12-18)21(25)24-14-13-23(2)15-19(24)17-9-5-3-6-10-17/h3-12,16,19-20H,13-15,22H2,1-2H3. The molecule has 2 N–H and O–H groups in total. The Morgan fingerprint density at radius 3 is 2.28 bits per heavy atom. The van der Waals surface area contributed by atoms with Crippen LogP contribution in [0.4, 0.5) is 0 Å². The molecule has 0 saturated carbocycles. The van der Waals surface area contributed by atoms with E-state index in [1.165, 1.54) is 5.56 Å². The largest absolute Gasteiger partial charge is 0.333 e. The summed E-state index contributed by atoms with van der Waals surface area (Å²) in [5.74, 6) is -0.115. The highest BCUT2D eigenvalue weighted by molar-refractivity contribution is 5.80. The van der Waals surface area contributed by atoms with Crippen LogP contribution >= 0.6 is 0 Å². The summed E-state index contributed by atoms with van der Waals surface area (Å²) in [6.45, 7) is 4.42. The van der Waals surface area contributed by atoms with Gasteiger partial charge in [-0.15, -0.1) is 0 Å². The van der Waals surface area contributed by atoms with Crippen molar-refractivity contribution in [1.82, 2.24) is 9.80 Å². The van der Waals surface area contributed by atoms with Crippen molar-refractivity contribution < 1.29 is 4.79 Å². The molecule has 2 aromatic carbocycles. The fraction of sp³-hybridized carbons (Fsp3) is 0.381. The van der Waals surface area contributed by atoms with E-state index in [2.05, 4.69) is 24.1 Å². The Balaban J connectivity index is 1.81. The third kappa shape index (κ3) is 3.91. The molecule has 0 bridgehead atoms. The highest BCUT2D eigenvalue weighted by Crippen LogP contribution is 2.29. The van der Waals surface area contributed by atoms with Crippen LogP contribution in [0.2, 0.25) is 0 Å². The summed E-state index contributed by atoms with van der Waals surface area (Å²) in [7, 11) is 2.11. The fourth-order valence-electron chi connectivity index (χ4n) is 3.52. The van der Waals surface area contributed by atoms with Gasteiger partial charge in [-0.1, -0.05) is 67.6 Å². The lowest BCUT2D eigenvalue weighted by Crippen LogP contribution is -2.51. The monoisotopic (exact) mass is 337 g/mol. The first-order valence-corrected chi connectivity index (χ1v) is 8.92. The molecule has 4 heteroatoms. The van der Waals surface area contributed by atoms with E-state index in [1.807, 2.05) is 60.4 Å². The lowest BCUT2D eigenvalue weighted by atomic mass is 9.92. The third-order valence-electron chi connectivity index (χ3n) is 5.16. The Morgan fingerprint density at radius 1 is 1.04 bits per heavy atom. The maximum atomic E-state index is 13.2. The van der Waals surface area contributed by atoms with Crippen molar-refractivity contribution in [2.24, 2.45) is 11.7 Å². The number of carbonyl (C=O) groups excluding carboxylic acids is 1. The molecule has 4 nitrogen and oxygen atoms in total. The second kappa shape index (κ2) is 7.81. The predicted molar refractivity (Wildman–Crippen MR) is 101 cm³/mol. The number of hydrogen-bond acceptors (Lipinski definition) is 3. The minimum Gasteiger partial charge on any atom is -0.333 e. The Morgan fingerprint density at radius 2 is 1.64 bits per heavy atom. The molecule has 2 aromatic rings. The maximum absolute atomic E-state index is 13.2. The zero-order valence-electron chi connectivity index (χ0n) is 15.0. The van der Waals surface area contributed by atoms with Gasteiger partial charge in [0.25, 0.3) is 0 Å². The average molecular weight is 337 g/mol. The van der Waals surface area contributed by atoms with Gasteiger partial charge < -0.3 is 15.5 Å². The number of carbonyl (C=O) groups is 1. The number of nitrogens with zero attached hydrogens (tertiary/aromatic N) is 2. The molecular weight excluding hydrogens is 310 g/mol. The maximum Gasteiger partial charge on any atom is 0.227 e. The second-order valence-corrected chi connectivity index (χ2v) is 6.95. The van der Waals surface area contributed by atoms with E-state index in [0.717, 1.165) is 25.2 Å². The van der Waals surface area contributed by atoms with Gasteiger partial charge in [0.15, 0.2) is 0 Å². The minimum atomic E-state index is -0.287. The van der Waals surface area contributed by atoms with Crippen LogP contribution in [0.25, 0.3) is 0 Å². The highest BCUT2D eigenvalue weighted by Gasteiger charge is 2.34. The summed E-state index contributed by atoms with van der Waals surface area (Å²) in [6.07, 6.45) is 0. The summed E-state index contributed by atoms with van der Waals surface area (Å²) >= 11 is 0. The van der Waals surface area contributed by atoms with E-state index in [0.29, 0.717) is 0 Å². The van der Waals surface area contributed by atoms with Crippen molar-refractivity contribution in [3.8, 4) is 0 Å². The summed E-state index contributed by atoms with van der Waals surface area (Å²) in [5.41, 5.74) is 8.59. The lowest BCUT2D eigenvalue weighted by Gasteiger charge is -2.42. The molecule has 3 rings (SSSR count). The van der Waals surface area contributed by atoms with Gasteiger partial charge in [-0.3, -0.25) is 4.79 Å². The highest BCUT2D eigenvalue weighted by atomic mass is 16.2. The summed E-state index contributed by atoms with van der Waals surface area (Å²) in [4.78, 5) is 17.5. The number of hydrogen-bond donors (Lipinski definition) is 1. The lowest BCUT2D eigenvalue weighted by molar-refractivity contribution is -0.140. The first-order valence-electron chi connectivity index (χ1n) is 8.92. The van der Waals surface area contributed by atoms with E-state index in [4.69, 9.17) is 5.73 Å². The van der Waals surface area contributed by atoms with Crippen molar-refractivity contribution in [1.29, 1.82) is 0 Å². The average Bonchev–Trinajstić information content (AvgIpc) is 2.67. The number of likely N-dealkylation sites (N-methyl/N-ethyl adjacent to an activating group) is 1. The second-order valence-electron chi connectivity index (χ2n) is 6.95. The Kier molecular flexibility index (Phi) is 5.51. The molecule has 3 atom stereocenters. The van der Waals surface area contributed by atoms with Crippen LogP contribution in [0.3, 0.4) is 0 Å². The molecule has 1 heterocycles. The van der Waals surface area contributed by atoms with Crippen LogP contribution in [0.1, 0.15) is 30.1 Å². The quantitative estimate of drug-likeness (QED) is 0.933. The topological polar surface area (TPSA) is 49.6 Å². The van der Waals surface area contributed by atoms with Gasteiger partial charge in [0.1, 0.15) is 0 Å². The van der Waals surface area contributed by atoms with Gasteiger partial charge in [-0.2, -0.15) is 0 Å². The molecule has 0 radical (unpaired) electrons. The third-order valence-corrected chi connectivity index (χ3v) is 5.16. The van der Waals surface area contributed by atoms with Crippen molar-refractivity contribution in [3.63, 3.8) is 0 Å².